The van der Waals surface area contributed by atoms with Gasteiger partial charge in [0, 0.05) is 18.3 Å². The summed E-state index contributed by atoms with van der Waals surface area (Å²) in [6.07, 6.45) is 1.20. The standard InChI is InChI=1S/C14H14N2O4/c1-8-2-3-10-9(16-8)6-11(20-10)12(17)15-7-14(4-5-14)13(18)19/h2-3,6H,4-5,7H2,1H3,(H,15,17)(H,18,19). The molecule has 1 amide bonds. The number of amides is 1. The summed E-state index contributed by atoms with van der Waals surface area (Å²) < 4.78 is 5.41. The summed E-state index contributed by atoms with van der Waals surface area (Å²) in [7, 11) is 0. The molecule has 2 heterocycles. The smallest absolute Gasteiger partial charge is 0.311 e. The number of aliphatic carboxylic acids is 1. The minimum Gasteiger partial charge on any atom is -0.481 e. The average Bonchev–Trinajstić information content (AvgIpc) is 3.09. The Morgan fingerprint density at radius 2 is 2.20 bits per heavy atom. The molecule has 0 radical (unpaired) electrons. The molecule has 1 fully saturated rings. The molecule has 0 bridgehead atoms. The highest BCUT2D eigenvalue weighted by molar-refractivity contribution is 5.95. The maximum Gasteiger partial charge on any atom is 0.311 e. The molecule has 3 rings (SSSR count). The number of carboxylic acids is 1. The van der Waals surface area contributed by atoms with Gasteiger partial charge in [-0.2, -0.15) is 0 Å². The van der Waals surface area contributed by atoms with E-state index in [1.54, 1.807) is 18.2 Å². The van der Waals surface area contributed by atoms with Gasteiger partial charge in [0.2, 0.25) is 0 Å². The van der Waals surface area contributed by atoms with Gasteiger partial charge in [-0.05, 0) is 31.9 Å². The molecule has 6 nitrogen and oxygen atoms in total. The van der Waals surface area contributed by atoms with Gasteiger partial charge in [0.05, 0.1) is 5.41 Å². The van der Waals surface area contributed by atoms with Crippen molar-refractivity contribution in [1.82, 2.24) is 10.3 Å². The Morgan fingerprint density at radius 3 is 2.85 bits per heavy atom. The zero-order chi connectivity index (χ0) is 14.3. The van der Waals surface area contributed by atoms with E-state index in [9.17, 15) is 9.59 Å². The van der Waals surface area contributed by atoms with Crippen LogP contribution in [0.2, 0.25) is 0 Å². The molecule has 0 unspecified atom stereocenters. The number of aromatic nitrogens is 1. The number of nitrogens with one attached hydrogen (secondary N) is 1. The van der Waals surface area contributed by atoms with Crippen LogP contribution in [0.4, 0.5) is 0 Å². The fourth-order valence-corrected chi connectivity index (χ4v) is 2.09. The van der Waals surface area contributed by atoms with Crippen molar-refractivity contribution in [1.29, 1.82) is 0 Å². The number of carbonyl (C=O) groups is 2. The average molecular weight is 274 g/mol. The molecule has 1 aliphatic rings. The third kappa shape index (κ3) is 2.13. The SMILES string of the molecule is Cc1ccc2oc(C(=O)NCC3(C(=O)O)CC3)cc2n1. The van der Waals surface area contributed by atoms with Crippen LogP contribution < -0.4 is 5.32 Å². The molecule has 6 heteroatoms. The zero-order valence-electron chi connectivity index (χ0n) is 11.0. The van der Waals surface area contributed by atoms with E-state index in [4.69, 9.17) is 9.52 Å². The third-order valence-corrected chi connectivity index (χ3v) is 3.63. The largest absolute Gasteiger partial charge is 0.481 e. The predicted octanol–water partition coefficient (Wildman–Crippen LogP) is 1.73. The summed E-state index contributed by atoms with van der Waals surface area (Å²) in [5.74, 6) is -1.12. The minimum absolute atomic E-state index is 0.130. The van der Waals surface area contributed by atoms with Crippen LogP contribution in [0.15, 0.2) is 22.6 Å². The molecule has 2 aromatic rings. The highest BCUT2D eigenvalue weighted by atomic mass is 16.4. The molecule has 1 saturated carbocycles. The highest BCUT2D eigenvalue weighted by Crippen LogP contribution is 2.45. The number of pyridine rings is 1. The fraction of sp³-hybridized carbons (Fsp3) is 0.357. The Hall–Kier alpha value is -2.37. The normalized spacial score (nSPS) is 16.1. The van der Waals surface area contributed by atoms with E-state index in [1.165, 1.54) is 0 Å². The first kappa shape index (κ1) is 12.7. The molecular formula is C14H14N2O4. The summed E-state index contributed by atoms with van der Waals surface area (Å²) >= 11 is 0. The summed E-state index contributed by atoms with van der Waals surface area (Å²) in [4.78, 5) is 27.3. The number of hydrogen-bond acceptors (Lipinski definition) is 4. The van der Waals surface area contributed by atoms with Gasteiger partial charge in [-0.15, -0.1) is 0 Å². The summed E-state index contributed by atoms with van der Waals surface area (Å²) in [6.45, 7) is 1.99. The molecule has 0 saturated heterocycles. The fourth-order valence-electron chi connectivity index (χ4n) is 2.09. The van der Waals surface area contributed by atoms with Crippen molar-refractivity contribution in [3.8, 4) is 0 Å². The number of nitrogens with zero attached hydrogens (tertiary/aromatic N) is 1. The number of carboxylic acid groups (broad SMARTS) is 1. The number of aryl methyl sites for hydroxylation is 1. The molecule has 104 valence electrons. The van der Waals surface area contributed by atoms with E-state index in [0.717, 1.165) is 5.69 Å². The topological polar surface area (TPSA) is 92.4 Å². The number of carbonyl (C=O) groups excluding carboxylic acids is 1. The summed E-state index contributed by atoms with van der Waals surface area (Å²) in [5.41, 5.74) is 1.22. The molecule has 1 aliphatic carbocycles. The van der Waals surface area contributed by atoms with Crippen molar-refractivity contribution in [3.63, 3.8) is 0 Å². The molecular weight excluding hydrogens is 260 g/mol. The maximum absolute atomic E-state index is 12.0. The van der Waals surface area contributed by atoms with Crippen molar-refractivity contribution < 1.29 is 19.1 Å². The second kappa shape index (κ2) is 4.33. The van der Waals surface area contributed by atoms with Gasteiger partial charge in [-0.3, -0.25) is 9.59 Å². The Labute approximate surface area is 114 Å². The first-order chi connectivity index (χ1) is 9.50. The Kier molecular flexibility index (Phi) is 2.74. The molecule has 2 aromatic heterocycles. The van der Waals surface area contributed by atoms with E-state index in [0.29, 0.717) is 23.9 Å². The Bertz CT molecular complexity index is 700. The zero-order valence-corrected chi connectivity index (χ0v) is 11.0. The minimum atomic E-state index is -0.861. The quantitative estimate of drug-likeness (QED) is 0.885. The second-order valence-corrected chi connectivity index (χ2v) is 5.21. The van der Waals surface area contributed by atoms with Crippen LogP contribution in [-0.2, 0) is 4.79 Å². The molecule has 0 aliphatic heterocycles. The Balaban J connectivity index is 1.74. The van der Waals surface area contributed by atoms with Gasteiger partial charge >= 0.3 is 5.97 Å². The number of furan rings is 1. The van der Waals surface area contributed by atoms with Crippen LogP contribution in [0.25, 0.3) is 11.1 Å². The van der Waals surface area contributed by atoms with Crippen LogP contribution >= 0.6 is 0 Å². The van der Waals surface area contributed by atoms with Crippen LogP contribution in [0, 0.1) is 12.3 Å². The van der Waals surface area contributed by atoms with E-state index >= 15 is 0 Å². The molecule has 0 spiro atoms. The number of hydrogen-bond donors (Lipinski definition) is 2. The van der Waals surface area contributed by atoms with Crippen LogP contribution in [0.3, 0.4) is 0 Å². The number of fused-ring (bicyclic) bond motifs is 1. The van der Waals surface area contributed by atoms with E-state index in [-0.39, 0.29) is 12.3 Å². The van der Waals surface area contributed by atoms with Crippen molar-refractivity contribution in [2.75, 3.05) is 6.54 Å². The summed E-state index contributed by atoms with van der Waals surface area (Å²) in [6, 6.07) is 5.13. The van der Waals surface area contributed by atoms with Gasteiger partial charge in [0.25, 0.3) is 5.91 Å². The van der Waals surface area contributed by atoms with Gasteiger partial charge in [0.15, 0.2) is 11.3 Å². The third-order valence-electron chi connectivity index (χ3n) is 3.63. The molecule has 0 aromatic carbocycles. The van der Waals surface area contributed by atoms with Gasteiger partial charge in [0.1, 0.15) is 5.52 Å². The van der Waals surface area contributed by atoms with Gasteiger partial charge < -0.3 is 14.8 Å². The second-order valence-electron chi connectivity index (χ2n) is 5.21. The first-order valence-corrected chi connectivity index (χ1v) is 6.39. The maximum atomic E-state index is 12.0. The van der Waals surface area contributed by atoms with Crippen LogP contribution in [-0.4, -0.2) is 28.5 Å². The lowest BCUT2D eigenvalue weighted by atomic mass is 10.1. The molecule has 2 N–H and O–H groups in total. The molecule has 20 heavy (non-hydrogen) atoms. The van der Waals surface area contributed by atoms with Crippen molar-refractivity contribution in [2.24, 2.45) is 5.41 Å². The monoisotopic (exact) mass is 274 g/mol. The van der Waals surface area contributed by atoms with Crippen molar-refractivity contribution >= 4 is 23.0 Å². The lowest BCUT2D eigenvalue weighted by molar-refractivity contribution is -0.143. The van der Waals surface area contributed by atoms with Crippen LogP contribution in [0.5, 0.6) is 0 Å². The van der Waals surface area contributed by atoms with Gasteiger partial charge in [-0.1, -0.05) is 0 Å². The lowest BCUT2D eigenvalue weighted by Crippen LogP contribution is -2.34. The highest BCUT2D eigenvalue weighted by Gasteiger charge is 2.50. The van der Waals surface area contributed by atoms with Crippen molar-refractivity contribution in [2.45, 2.75) is 19.8 Å². The van der Waals surface area contributed by atoms with E-state index in [1.807, 2.05) is 6.92 Å². The Morgan fingerprint density at radius 1 is 1.45 bits per heavy atom. The number of rotatable bonds is 4. The van der Waals surface area contributed by atoms with Crippen molar-refractivity contribution in [3.05, 3.63) is 29.7 Å². The molecule has 0 atom stereocenters. The van der Waals surface area contributed by atoms with Gasteiger partial charge in [-0.25, -0.2) is 4.98 Å². The first-order valence-electron chi connectivity index (χ1n) is 6.39. The summed E-state index contributed by atoms with van der Waals surface area (Å²) in [5, 5.41) is 11.7. The lowest BCUT2D eigenvalue weighted by Gasteiger charge is -2.09. The predicted molar refractivity (Wildman–Crippen MR) is 70.4 cm³/mol. The van der Waals surface area contributed by atoms with E-state index < -0.39 is 17.3 Å². The van der Waals surface area contributed by atoms with E-state index in [2.05, 4.69) is 10.3 Å². The van der Waals surface area contributed by atoms with Crippen LogP contribution in [0.1, 0.15) is 29.1 Å².